The average Bonchev–Trinajstić information content (AvgIpc) is 3.21. The molecule has 1 aliphatic rings. The summed E-state index contributed by atoms with van der Waals surface area (Å²) in [6.07, 6.45) is 1.95. The highest BCUT2D eigenvalue weighted by Gasteiger charge is 2.45. The molecule has 2 heterocycles. The lowest BCUT2D eigenvalue weighted by Crippen LogP contribution is -2.48. The number of imide groups is 1. The van der Waals surface area contributed by atoms with Crippen LogP contribution in [0.15, 0.2) is 41.9 Å². The third-order valence-electron chi connectivity index (χ3n) is 4.08. The highest BCUT2D eigenvalue weighted by atomic mass is 32.1. The number of aromatic nitrogens is 1. The van der Waals surface area contributed by atoms with E-state index in [1.807, 2.05) is 19.9 Å². The number of hydrogen-bond donors (Lipinski definition) is 2. The molecule has 3 rings (SSSR count). The molecular formula is C18H20N4O3S. The Bertz CT molecular complexity index is 792. The molecule has 8 heteroatoms. The van der Waals surface area contributed by atoms with Crippen molar-refractivity contribution in [3.63, 3.8) is 0 Å². The van der Waals surface area contributed by atoms with E-state index in [0.717, 1.165) is 4.90 Å². The third-order valence-corrected chi connectivity index (χ3v) is 4.76. The zero-order valence-corrected chi connectivity index (χ0v) is 15.3. The molecule has 1 saturated heterocycles. The molecule has 1 aromatic heterocycles. The van der Waals surface area contributed by atoms with Crippen molar-refractivity contribution in [2.24, 2.45) is 5.92 Å². The summed E-state index contributed by atoms with van der Waals surface area (Å²) in [5.41, 5.74) is 0.692. The second kappa shape index (κ2) is 7.65. The van der Waals surface area contributed by atoms with E-state index in [2.05, 4.69) is 15.6 Å². The van der Waals surface area contributed by atoms with Gasteiger partial charge >= 0.3 is 6.03 Å². The largest absolute Gasteiger partial charge is 0.325 e. The van der Waals surface area contributed by atoms with Gasteiger partial charge in [0.05, 0.1) is 0 Å². The molecule has 2 atom stereocenters. The lowest BCUT2D eigenvalue weighted by molar-refractivity contribution is -0.134. The monoisotopic (exact) mass is 372 g/mol. The molecule has 0 spiro atoms. The Balaban J connectivity index is 1.84. The van der Waals surface area contributed by atoms with Crippen molar-refractivity contribution in [3.8, 4) is 0 Å². The van der Waals surface area contributed by atoms with Crippen molar-refractivity contribution in [2.45, 2.75) is 32.4 Å². The number of hydrogen-bond acceptors (Lipinski definition) is 5. The summed E-state index contributed by atoms with van der Waals surface area (Å²) in [6, 6.07) is 6.79. The van der Waals surface area contributed by atoms with Gasteiger partial charge in [-0.3, -0.25) is 9.59 Å². The van der Waals surface area contributed by atoms with Crippen molar-refractivity contribution in [3.05, 3.63) is 47.5 Å². The van der Waals surface area contributed by atoms with Crippen LogP contribution in [0, 0.1) is 5.92 Å². The van der Waals surface area contributed by atoms with Gasteiger partial charge in [-0.05, 0) is 17.9 Å². The van der Waals surface area contributed by atoms with Crippen molar-refractivity contribution in [2.75, 3.05) is 5.32 Å². The zero-order valence-electron chi connectivity index (χ0n) is 14.5. The van der Waals surface area contributed by atoms with Crippen LogP contribution < -0.4 is 10.6 Å². The average molecular weight is 372 g/mol. The Kier molecular flexibility index (Phi) is 5.32. The predicted molar refractivity (Wildman–Crippen MR) is 98.5 cm³/mol. The number of carbonyl (C=O) groups excluding carboxylic acids is 3. The van der Waals surface area contributed by atoms with E-state index in [4.69, 9.17) is 0 Å². The molecule has 2 N–H and O–H groups in total. The fourth-order valence-corrected chi connectivity index (χ4v) is 3.44. The van der Waals surface area contributed by atoms with Gasteiger partial charge in [0.2, 0.25) is 5.91 Å². The van der Waals surface area contributed by atoms with Crippen LogP contribution in [0.25, 0.3) is 0 Å². The van der Waals surface area contributed by atoms with Crippen LogP contribution in [-0.2, 0) is 9.59 Å². The van der Waals surface area contributed by atoms with Gasteiger partial charge in [0, 0.05) is 11.6 Å². The van der Waals surface area contributed by atoms with Crippen LogP contribution in [0.1, 0.15) is 31.9 Å². The Morgan fingerprint density at radius 1 is 1.31 bits per heavy atom. The summed E-state index contributed by atoms with van der Waals surface area (Å²) in [5.74, 6) is -0.703. The van der Waals surface area contributed by atoms with E-state index in [0.29, 0.717) is 17.1 Å². The van der Waals surface area contributed by atoms with E-state index in [1.54, 1.807) is 35.8 Å². The molecule has 0 saturated carbocycles. The molecule has 26 heavy (non-hydrogen) atoms. The van der Waals surface area contributed by atoms with Crippen molar-refractivity contribution in [1.29, 1.82) is 0 Å². The first-order valence-corrected chi connectivity index (χ1v) is 9.24. The minimum atomic E-state index is -0.889. The number of benzene rings is 1. The van der Waals surface area contributed by atoms with Crippen molar-refractivity contribution in [1.82, 2.24) is 15.2 Å². The smallest absolute Gasteiger partial charge is 0.322 e. The lowest BCUT2D eigenvalue weighted by atomic mass is 10.0. The maximum atomic E-state index is 12.9. The molecule has 136 valence electrons. The second-order valence-corrected chi connectivity index (χ2v) is 7.37. The van der Waals surface area contributed by atoms with Gasteiger partial charge in [-0.1, -0.05) is 44.2 Å². The molecule has 0 unspecified atom stereocenters. The Hall–Kier alpha value is -2.74. The van der Waals surface area contributed by atoms with Gasteiger partial charge in [0.15, 0.2) is 5.13 Å². The number of carbonyl (C=O) groups is 3. The maximum Gasteiger partial charge on any atom is 0.325 e. The normalized spacial score (nSPS) is 18.1. The summed E-state index contributed by atoms with van der Waals surface area (Å²) in [5, 5.41) is 7.56. The summed E-state index contributed by atoms with van der Waals surface area (Å²) in [6.45, 7) is 3.88. The summed E-state index contributed by atoms with van der Waals surface area (Å²) >= 11 is 1.28. The molecule has 0 radical (unpaired) electrons. The maximum absolute atomic E-state index is 12.9. The van der Waals surface area contributed by atoms with E-state index >= 15 is 0 Å². The predicted octanol–water partition coefficient (Wildman–Crippen LogP) is 2.79. The first-order chi connectivity index (χ1) is 12.5. The molecule has 2 aromatic rings. The van der Waals surface area contributed by atoms with Crippen LogP contribution in [-0.4, -0.2) is 33.8 Å². The summed E-state index contributed by atoms with van der Waals surface area (Å²) < 4.78 is 0. The molecule has 7 nitrogen and oxygen atoms in total. The van der Waals surface area contributed by atoms with E-state index < -0.39 is 29.9 Å². The Morgan fingerprint density at radius 3 is 2.65 bits per heavy atom. The molecule has 1 fully saturated rings. The highest BCUT2D eigenvalue weighted by molar-refractivity contribution is 7.13. The standard InChI is InChI=1S/C18H20N4O3S/c1-11(2)10-13(15(23)21-17-19-8-9-26-17)22-16(24)14(20-18(22)25)12-6-4-3-5-7-12/h3-9,11,13-14H,10H2,1-2H3,(H,20,25)(H,19,21,23)/t13-,14+/m0/s1. The van der Waals surface area contributed by atoms with Gasteiger partial charge in [0.25, 0.3) is 5.91 Å². The Labute approximate surface area is 155 Å². The van der Waals surface area contributed by atoms with Crippen LogP contribution >= 0.6 is 11.3 Å². The van der Waals surface area contributed by atoms with E-state index in [-0.39, 0.29) is 5.92 Å². The highest BCUT2D eigenvalue weighted by Crippen LogP contribution is 2.26. The number of thiazole rings is 1. The van der Waals surface area contributed by atoms with Gasteiger partial charge < -0.3 is 10.6 Å². The fraction of sp³-hybridized carbons (Fsp3) is 0.333. The quantitative estimate of drug-likeness (QED) is 0.763. The molecule has 1 aromatic carbocycles. The van der Waals surface area contributed by atoms with Gasteiger partial charge in [-0.2, -0.15) is 0 Å². The molecule has 0 bridgehead atoms. The number of amides is 4. The van der Waals surface area contributed by atoms with Crippen molar-refractivity contribution >= 4 is 34.3 Å². The second-order valence-electron chi connectivity index (χ2n) is 6.47. The van der Waals surface area contributed by atoms with Gasteiger partial charge in [-0.25, -0.2) is 14.7 Å². The third kappa shape index (κ3) is 3.75. The molecular weight excluding hydrogens is 352 g/mol. The number of nitrogens with zero attached hydrogens (tertiary/aromatic N) is 2. The molecule has 0 aliphatic carbocycles. The van der Waals surface area contributed by atoms with E-state index in [1.165, 1.54) is 11.3 Å². The minimum absolute atomic E-state index is 0.124. The number of urea groups is 1. The lowest BCUT2D eigenvalue weighted by Gasteiger charge is -2.25. The fourth-order valence-electron chi connectivity index (χ4n) is 2.91. The summed E-state index contributed by atoms with van der Waals surface area (Å²) in [4.78, 5) is 43.2. The zero-order chi connectivity index (χ0) is 18.7. The van der Waals surface area contributed by atoms with Crippen LogP contribution in [0.5, 0.6) is 0 Å². The van der Waals surface area contributed by atoms with Crippen LogP contribution in [0.4, 0.5) is 9.93 Å². The SMILES string of the molecule is CC(C)C[C@@H](C(=O)Nc1nccs1)N1C(=O)N[C@H](c2ccccc2)C1=O. The first-order valence-electron chi connectivity index (χ1n) is 8.36. The first kappa shape index (κ1) is 18.1. The summed E-state index contributed by atoms with van der Waals surface area (Å²) in [7, 11) is 0. The molecule has 4 amide bonds. The topological polar surface area (TPSA) is 91.4 Å². The number of anilines is 1. The number of rotatable bonds is 6. The van der Waals surface area contributed by atoms with Crippen LogP contribution in [0.2, 0.25) is 0 Å². The van der Waals surface area contributed by atoms with Gasteiger partial charge in [0.1, 0.15) is 12.1 Å². The van der Waals surface area contributed by atoms with Gasteiger partial charge in [-0.15, -0.1) is 11.3 Å². The number of nitrogens with one attached hydrogen (secondary N) is 2. The Morgan fingerprint density at radius 2 is 2.04 bits per heavy atom. The minimum Gasteiger partial charge on any atom is -0.322 e. The van der Waals surface area contributed by atoms with Crippen LogP contribution in [0.3, 0.4) is 0 Å². The van der Waals surface area contributed by atoms with E-state index in [9.17, 15) is 14.4 Å². The van der Waals surface area contributed by atoms with Crippen molar-refractivity contribution < 1.29 is 14.4 Å². The molecule has 1 aliphatic heterocycles.